The maximum atomic E-state index is 2.50. The summed E-state index contributed by atoms with van der Waals surface area (Å²) in [5.41, 5.74) is 0. The quantitative estimate of drug-likeness (QED) is 0.523. The molecule has 1 aliphatic heterocycles. The summed E-state index contributed by atoms with van der Waals surface area (Å²) in [5, 5.41) is 0. The Bertz CT molecular complexity index is 180. The summed E-state index contributed by atoms with van der Waals surface area (Å²) in [6, 6.07) is 1.60. The lowest BCUT2D eigenvalue weighted by Gasteiger charge is -2.26. The average Bonchev–Trinajstić information content (AvgIpc) is 2.25. The van der Waals surface area contributed by atoms with Gasteiger partial charge in [-0.3, -0.25) is 9.80 Å². The fraction of sp³-hybridized carbons (Fsp3) is 0.818. The third kappa shape index (κ3) is 1.79. The molecule has 0 aromatic carbocycles. The Labute approximate surface area is 81.2 Å². The Morgan fingerprint density at radius 2 is 1.38 bits per heavy atom. The van der Waals surface area contributed by atoms with Crippen molar-refractivity contribution in [3.63, 3.8) is 0 Å². The summed E-state index contributed by atoms with van der Waals surface area (Å²) in [6.07, 6.45) is 9.90. The minimum atomic E-state index is 0.801. The Kier molecular flexibility index (Phi) is 2.70. The van der Waals surface area contributed by atoms with Crippen molar-refractivity contribution in [2.45, 2.75) is 37.8 Å². The summed E-state index contributed by atoms with van der Waals surface area (Å²) >= 11 is 0. The van der Waals surface area contributed by atoms with E-state index in [0.717, 1.165) is 18.8 Å². The highest BCUT2D eigenvalue weighted by atomic mass is 15.4. The molecule has 0 aromatic heterocycles. The summed E-state index contributed by atoms with van der Waals surface area (Å²) in [5.74, 6) is 0. The lowest BCUT2D eigenvalue weighted by molar-refractivity contribution is 0.276. The van der Waals surface area contributed by atoms with Crippen LogP contribution in [0.15, 0.2) is 12.2 Å². The molecule has 2 nitrogen and oxygen atoms in total. The molecule has 0 spiro atoms. The van der Waals surface area contributed by atoms with Crippen LogP contribution in [0.5, 0.6) is 0 Å². The third-order valence-corrected chi connectivity index (χ3v) is 3.45. The Hall–Kier alpha value is -0.340. The topological polar surface area (TPSA) is 6.48 Å². The molecule has 2 aliphatic rings. The van der Waals surface area contributed by atoms with Gasteiger partial charge in [0.1, 0.15) is 0 Å². The molecule has 0 N–H and O–H groups in total. The van der Waals surface area contributed by atoms with Crippen molar-refractivity contribution in [1.29, 1.82) is 0 Å². The second-order valence-corrected chi connectivity index (χ2v) is 4.42. The lowest BCUT2D eigenvalue weighted by atomic mass is 9.96. The van der Waals surface area contributed by atoms with Crippen LogP contribution in [0.3, 0.4) is 0 Å². The van der Waals surface area contributed by atoms with E-state index in [9.17, 15) is 0 Å². The minimum absolute atomic E-state index is 0.801. The molecule has 0 bridgehead atoms. The monoisotopic (exact) mass is 180 g/mol. The first-order valence-corrected chi connectivity index (χ1v) is 5.34. The number of likely N-dealkylation sites (N-methyl/N-ethyl adjacent to an activating group) is 2. The van der Waals surface area contributed by atoms with E-state index in [1.165, 1.54) is 25.7 Å². The van der Waals surface area contributed by atoms with Crippen molar-refractivity contribution in [2.75, 3.05) is 20.8 Å². The molecule has 2 rings (SSSR count). The molecule has 1 aliphatic carbocycles. The largest absolute Gasteiger partial charge is 0.289 e. The van der Waals surface area contributed by atoms with Gasteiger partial charge in [0, 0.05) is 12.1 Å². The first-order chi connectivity index (χ1) is 6.29. The van der Waals surface area contributed by atoms with Gasteiger partial charge in [-0.1, -0.05) is 12.2 Å². The molecule has 13 heavy (non-hydrogen) atoms. The first kappa shape index (κ1) is 9.22. The number of hydrogen-bond donors (Lipinski definition) is 0. The van der Waals surface area contributed by atoms with Crippen LogP contribution in [0.2, 0.25) is 0 Å². The Morgan fingerprint density at radius 3 is 1.85 bits per heavy atom. The summed E-state index contributed by atoms with van der Waals surface area (Å²) in [6.45, 7) is 1.15. The van der Waals surface area contributed by atoms with Crippen LogP contribution >= 0.6 is 0 Å². The second-order valence-electron chi connectivity index (χ2n) is 4.42. The number of fused-ring (bicyclic) bond motifs is 1. The van der Waals surface area contributed by atoms with Crippen molar-refractivity contribution in [2.24, 2.45) is 0 Å². The van der Waals surface area contributed by atoms with Crippen LogP contribution in [0.25, 0.3) is 0 Å². The van der Waals surface area contributed by atoms with Crippen LogP contribution in [0.4, 0.5) is 0 Å². The minimum Gasteiger partial charge on any atom is -0.289 e. The van der Waals surface area contributed by atoms with Crippen molar-refractivity contribution < 1.29 is 0 Å². The molecule has 1 saturated heterocycles. The van der Waals surface area contributed by atoms with Gasteiger partial charge in [-0.25, -0.2) is 0 Å². The van der Waals surface area contributed by atoms with E-state index in [-0.39, 0.29) is 0 Å². The van der Waals surface area contributed by atoms with Crippen molar-refractivity contribution in [3.8, 4) is 0 Å². The van der Waals surface area contributed by atoms with E-state index in [1.54, 1.807) is 0 Å². The second kappa shape index (κ2) is 3.81. The molecule has 0 radical (unpaired) electrons. The van der Waals surface area contributed by atoms with Gasteiger partial charge < -0.3 is 0 Å². The molecular weight excluding hydrogens is 160 g/mol. The van der Waals surface area contributed by atoms with Gasteiger partial charge in [0.2, 0.25) is 0 Å². The van der Waals surface area contributed by atoms with E-state index in [2.05, 4.69) is 36.0 Å². The molecule has 2 heteroatoms. The van der Waals surface area contributed by atoms with Crippen molar-refractivity contribution >= 4 is 0 Å². The average molecular weight is 180 g/mol. The fourth-order valence-corrected chi connectivity index (χ4v) is 2.74. The van der Waals surface area contributed by atoms with E-state index < -0.39 is 0 Å². The molecule has 74 valence electrons. The molecular formula is C11H20N2. The van der Waals surface area contributed by atoms with Gasteiger partial charge in [-0.05, 0) is 39.8 Å². The third-order valence-electron chi connectivity index (χ3n) is 3.45. The van der Waals surface area contributed by atoms with E-state index >= 15 is 0 Å². The SMILES string of the molecule is CN1CN(C)C2CC/C=C\CCC21. The molecule has 1 fully saturated rings. The van der Waals surface area contributed by atoms with Gasteiger partial charge in [-0.15, -0.1) is 0 Å². The van der Waals surface area contributed by atoms with Crippen molar-refractivity contribution in [1.82, 2.24) is 9.80 Å². The number of hydrogen-bond acceptors (Lipinski definition) is 2. The van der Waals surface area contributed by atoms with Gasteiger partial charge in [0.05, 0.1) is 6.67 Å². The van der Waals surface area contributed by atoms with E-state index in [0.29, 0.717) is 0 Å². The maximum absolute atomic E-state index is 2.50. The van der Waals surface area contributed by atoms with Crippen LogP contribution < -0.4 is 0 Å². The molecule has 2 unspecified atom stereocenters. The number of allylic oxidation sites excluding steroid dienone is 2. The zero-order valence-electron chi connectivity index (χ0n) is 8.74. The summed E-state index contributed by atoms with van der Waals surface area (Å²) < 4.78 is 0. The zero-order chi connectivity index (χ0) is 9.26. The Morgan fingerprint density at radius 1 is 0.923 bits per heavy atom. The van der Waals surface area contributed by atoms with Gasteiger partial charge >= 0.3 is 0 Å². The van der Waals surface area contributed by atoms with Crippen molar-refractivity contribution in [3.05, 3.63) is 12.2 Å². The molecule has 0 amide bonds. The van der Waals surface area contributed by atoms with Crippen LogP contribution in [0.1, 0.15) is 25.7 Å². The first-order valence-electron chi connectivity index (χ1n) is 5.34. The van der Waals surface area contributed by atoms with Crippen LogP contribution in [-0.4, -0.2) is 42.6 Å². The van der Waals surface area contributed by atoms with Gasteiger partial charge in [0.15, 0.2) is 0 Å². The maximum Gasteiger partial charge on any atom is 0.0507 e. The standard InChI is InChI=1S/C11H20N2/c1-12-9-13(2)11-8-6-4-3-5-7-10(11)12/h3-4,10-11H,5-9H2,1-2H3/b4-3-. The highest BCUT2D eigenvalue weighted by Gasteiger charge is 2.34. The molecule has 1 heterocycles. The highest BCUT2D eigenvalue weighted by Crippen LogP contribution is 2.26. The fourth-order valence-electron chi connectivity index (χ4n) is 2.74. The molecule has 2 atom stereocenters. The predicted molar refractivity (Wildman–Crippen MR) is 55.6 cm³/mol. The number of rotatable bonds is 0. The normalized spacial score (nSPS) is 39.5. The van der Waals surface area contributed by atoms with Crippen LogP contribution in [0, 0.1) is 0 Å². The van der Waals surface area contributed by atoms with E-state index in [4.69, 9.17) is 0 Å². The zero-order valence-corrected chi connectivity index (χ0v) is 8.74. The summed E-state index contributed by atoms with van der Waals surface area (Å²) in [7, 11) is 4.51. The van der Waals surface area contributed by atoms with E-state index in [1.807, 2.05) is 0 Å². The predicted octanol–water partition coefficient (Wildman–Crippen LogP) is 1.69. The smallest absolute Gasteiger partial charge is 0.0507 e. The summed E-state index contributed by atoms with van der Waals surface area (Å²) in [4.78, 5) is 5.01. The lowest BCUT2D eigenvalue weighted by Crippen LogP contribution is -2.35. The number of nitrogens with zero attached hydrogens (tertiary/aromatic N) is 2. The Balaban J connectivity index is 2.08. The highest BCUT2D eigenvalue weighted by molar-refractivity contribution is 4.96. The molecule has 0 aromatic rings. The van der Waals surface area contributed by atoms with Gasteiger partial charge in [-0.2, -0.15) is 0 Å². The van der Waals surface area contributed by atoms with Crippen LogP contribution in [-0.2, 0) is 0 Å². The van der Waals surface area contributed by atoms with Gasteiger partial charge in [0.25, 0.3) is 0 Å². The molecule has 0 saturated carbocycles.